The Morgan fingerprint density at radius 2 is 1.68 bits per heavy atom. The van der Waals surface area contributed by atoms with E-state index in [9.17, 15) is 9.59 Å². The summed E-state index contributed by atoms with van der Waals surface area (Å²) in [6.07, 6.45) is 9.48. The monoisotopic (exact) mass is 364 g/mol. The third-order valence-electron chi connectivity index (χ3n) is 5.10. The lowest BCUT2D eigenvalue weighted by atomic mass is 9.91. The van der Waals surface area contributed by atoms with Gasteiger partial charge in [0, 0.05) is 17.9 Å². The first kappa shape index (κ1) is 19.8. The van der Waals surface area contributed by atoms with Crippen LogP contribution in [-0.4, -0.2) is 11.8 Å². The van der Waals surface area contributed by atoms with Crippen molar-refractivity contribution in [3.05, 3.63) is 34.9 Å². The summed E-state index contributed by atoms with van der Waals surface area (Å²) in [6, 6.07) is 8.14. The molecule has 1 aromatic rings. The van der Waals surface area contributed by atoms with Gasteiger partial charge >= 0.3 is 0 Å². The first-order valence-electron chi connectivity index (χ1n) is 9.29. The maximum atomic E-state index is 12.5. The van der Waals surface area contributed by atoms with Crippen LogP contribution in [-0.2, 0) is 9.59 Å². The van der Waals surface area contributed by atoms with Crippen molar-refractivity contribution in [3.63, 3.8) is 0 Å². The zero-order valence-electron chi connectivity index (χ0n) is 15.0. The number of benzene rings is 1. The van der Waals surface area contributed by atoms with E-state index in [0.717, 1.165) is 17.9 Å². The van der Waals surface area contributed by atoms with E-state index >= 15 is 0 Å². The molecule has 25 heavy (non-hydrogen) atoms. The van der Waals surface area contributed by atoms with Gasteiger partial charge in [-0.25, -0.2) is 0 Å². The largest absolute Gasteiger partial charge is 0.370 e. The number of nitrogens with one attached hydrogen (secondary N) is 1. The quantitative estimate of drug-likeness (QED) is 0.832. The number of rotatable bonds is 4. The standard InChI is InChI=1S/C18H24ClNO.C2H5NO/c19-16-11-5-10-15(12-16)17(13-6-1-2-7-13)20-18(21)14-8-3-4-9-14;1-2(3)4/h5,10-14,17H,1-4,6-9H2,(H,20,21);1H3,(H2,3,4). The molecule has 138 valence electrons. The molecule has 5 heteroatoms. The molecule has 1 atom stereocenters. The molecular weight excluding hydrogens is 336 g/mol. The molecule has 0 aromatic heterocycles. The van der Waals surface area contributed by atoms with E-state index in [2.05, 4.69) is 17.1 Å². The molecule has 0 radical (unpaired) electrons. The minimum absolute atomic E-state index is 0.138. The molecule has 2 fully saturated rings. The van der Waals surface area contributed by atoms with E-state index in [1.165, 1.54) is 51.0 Å². The summed E-state index contributed by atoms with van der Waals surface area (Å²) in [5.41, 5.74) is 5.64. The summed E-state index contributed by atoms with van der Waals surface area (Å²) in [4.78, 5) is 21.7. The summed E-state index contributed by atoms with van der Waals surface area (Å²) in [7, 11) is 0. The Kier molecular flexibility index (Phi) is 7.76. The van der Waals surface area contributed by atoms with Crippen molar-refractivity contribution in [2.75, 3.05) is 0 Å². The van der Waals surface area contributed by atoms with Crippen molar-refractivity contribution in [1.29, 1.82) is 0 Å². The maximum Gasteiger partial charge on any atom is 0.223 e. The van der Waals surface area contributed by atoms with Crippen LogP contribution in [0.3, 0.4) is 0 Å². The number of nitrogens with two attached hydrogens (primary N) is 1. The number of halogens is 1. The van der Waals surface area contributed by atoms with E-state index in [-0.39, 0.29) is 23.8 Å². The zero-order valence-corrected chi connectivity index (χ0v) is 15.7. The highest BCUT2D eigenvalue weighted by molar-refractivity contribution is 6.30. The van der Waals surface area contributed by atoms with Crippen LogP contribution in [0.15, 0.2) is 24.3 Å². The molecule has 1 aromatic carbocycles. The summed E-state index contributed by atoms with van der Waals surface area (Å²) >= 11 is 6.15. The van der Waals surface area contributed by atoms with E-state index < -0.39 is 0 Å². The summed E-state index contributed by atoms with van der Waals surface area (Å²) in [6.45, 7) is 1.31. The smallest absolute Gasteiger partial charge is 0.223 e. The lowest BCUT2D eigenvalue weighted by molar-refractivity contribution is -0.126. The van der Waals surface area contributed by atoms with Crippen LogP contribution in [0, 0.1) is 11.8 Å². The van der Waals surface area contributed by atoms with Crippen LogP contribution < -0.4 is 11.1 Å². The fraction of sp³-hybridized carbons (Fsp3) is 0.600. The van der Waals surface area contributed by atoms with Crippen molar-refractivity contribution < 1.29 is 9.59 Å². The van der Waals surface area contributed by atoms with Gasteiger partial charge in [-0.2, -0.15) is 0 Å². The van der Waals surface area contributed by atoms with Gasteiger partial charge in [0.05, 0.1) is 6.04 Å². The second-order valence-electron chi connectivity index (χ2n) is 7.18. The van der Waals surface area contributed by atoms with Crippen LogP contribution in [0.5, 0.6) is 0 Å². The minimum Gasteiger partial charge on any atom is -0.370 e. The second kappa shape index (κ2) is 9.81. The molecule has 0 aliphatic heterocycles. The van der Waals surface area contributed by atoms with Gasteiger partial charge in [-0.1, -0.05) is 49.4 Å². The molecule has 0 heterocycles. The normalized spacial score (nSPS) is 19.1. The second-order valence-corrected chi connectivity index (χ2v) is 7.61. The highest BCUT2D eigenvalue weighted by atomic mass is 35.5. The molecule has 0 spiro atoms. The van der Waals surface area contributed by atoms with E-state index in [4.69, 9.17) is 11.6 Å². The molecule has 0 saturated heterocycles. The fourth-order valence-electron chi connectivity index (χ4n) is 3.92. The van der Waals surface area contributed by atoms with Gasteiger partial charge < -0.3 is 11.1 Å². The van der Waals surface area contributed by atoms with Crippen molar-refractivity contribution in [2.45, 2.75) is 64.3 Å². The van der Waals surface area contributed by atoms with E-state index in [0.29, 0.717) is 5.92 Å². The predicted molar refractivity (Wildman–Crippen MR) is 101 cm³/mol. The van der Waals surface area contributed by atoms with Crippen LogP contribution >= 0.6 is 11.6 Å². The molecular formula is C20H29ClN2O2. The Labute approximate surface area is 155 Å². The van der Waals surface area contributed by atoms with Gasteiger partial charge in [0.2, 0.25) is 11.8 Å². The zero-order chi connectivity index (χ0) is 18.2. The Hall–Kier alpha value is -1.55. The number of amides is 2. The Morgan fingerprint density at radius 3 is 2.24 bits per heavy atom. The van der Waals surface area contributed by atoms with Crippen LogP contribution in [0.4, 0.5) is 0 Å². The number of carbonyl (C=O) groups excluding carboxylic acids is 2. The number of hydrogen-bond acceptors (Lipinski definition) is 2. The summed E-state index contributed by atoms with van der Waals surface area (Å²) < 4.78 is 0. The lowest BCUT2D eigenvalue weighted by Gasteiger charge is -2.27. The Morgan fingerprint density at radius 1 is 1.12 bits per heavy atom. The van der Waals surface area contributed by atoms with Gasteiger partial charge in [0.25, 0.3) is 0 Å². The van der Waals surface area contributed by atoms with Crippen LogP contribution in [0.25, 0.3) is 0 Å². The molecule has 4 nitrogen and oxygen atoms in total. The van der Waals surface area contributed by atoms with Crippen molar-refractivity contribution in [2.24, 2.45) is 17.6 Å². The predicted octanol–water partition coefficient (Wildman–Crippen LogP) is 4.37. The number of primary amides is 1. The van der Waals surface area contributed by atoms with Gasteiger partial charge in [-0.05, 0) is 49.3 Å². The topological polar surface area (TPSA) is 72.2 Å². The average Bonchev–Trinajstić information content (AvgIpc) is 3.25. The van der Waals surface area contributed by atoms with Crippen LogP contribution in [0.1, 0.15) is 69.9 Å². The Bertz CT molecular complexity index is 575. The molecule has 0 bridgehead atoms. The average molecular weight is 365 g/mol. The molecule has 2 aliphatic carbocycles. The van der Waals surface area contributed by atoms with Crippen LogP contribution in [0.2, 0.25) is 5.02 Å². The van der Waals surface area contributed by atoms with E-state index in [1.807, 2.05) is 18.2 Å². The number of hydrogen-bond donors (Lipinski definition) is 2. The minimum atomic E-state index is -0.333. The molecule has 2 amide bonds. The van der Waals surface area contributed by atoms with Gasteiger partial charge in [0.15, 0.2) is 0 Å². The molecule has 3 rings (SSSR count). The van der Waals surface area contributed by atoms with Crippen molar-refractivity contribution in [1.82, 2.24) is 5.32 Å². The molecule has 3 N–H and O–H groups in total. The van der Waals surface area contributed by atoms with E-state index in [1.54, 1.807) is 0 Å². The number of carbonyl (C=O) groups is 2. The maximum absolute atomic E-state index is 12.5. The summed E-state index contributed by atoms with van der Waals surface area (Å²) in [5.74, 6) is 0.714. The highest BCUT2D eigenvalue weighted by Gasteiger charge is 2.31. The third-order valence-corrected chi connectivity index (χ3v) is 5.34. The first-order chi connectivity index (χ1) is 12.0. The SMILES string of the molecule is CC(N)=O.O=C(NC(c1cccc(Cl)c1)C1CCCC1)C1CCCC1. The van der Waals surface area contributed by atoms with Crippen molar-refractivity contribution >= 4 is 23.4 Å². The van der Waals surface area contributed by atoms with Gasteiger partial charge in [-0.15, -0.1) is 0 Å². The lowest BCUT2D eigenvalue weighted by Crippen LogP contribution is -2.36. The highest BCUT2D eigenvalue weighted by Crippen LogP contribution is 2.37. The molecule has 2 saturated carbocycles. The van der Waals surface area contributed by atoms with Gasteiger partial charge in [-0.3, -0.25) is 9.59 Å². The van der Waals surface area contributed by atoms with Gasteiger partial charge in [0.1, 0.15) is 0 Å². The molecule has 2 aliphatic rings. The molecule has 1 unspecified atom stereocenters. The summed E-state index contributed by atoms with van der Waals surface area (Å²) in [5, 5.41) is 4.10. The Balaban J connectivity index is 0.000000511. The first-order valence-corrected chi connectivity index (χ1v) is 9.67. The van der Waals surface area contributed by atoms with Crippen molar-refractivity contribution in [3.8, 4) is 0 Å². The fourth-order valence-corrected chi connectivity index (χ4v) is 4.12. The third kappa shape index (κ3) is 6.35.